The van der Waals surface area contributed by atoms with Crippen LogP contribution in [0.3, 0.4) is 0 Å². The summed E-state index contributed by atoms with van der Waals surface area (Å²) in [6, 6.07) is 0. The van der Waals surface area contributed by atoms with Crippen LogP contribution in [0.2, 0.25) is 0 Å². The van der Waals surface area contributed by atoms with Crippen LogP contribution in [0.5, 0.6) is 0 Å². The monoisotopic (exact) mass is 147 g/mol. The Kier molecular flexibility index (Phi) is 2.36. The van der Waals surface area contributed by atoms with Crippen LogP contribution in [0.1, 0.15) is 26.2 Å². The fourth-order valence-corrected chi connectivity index (χ4v) is 1.80. The molecule has 1 saturated heterocycles. The van der Waals surface area contributed by atoms with E-state index in [4.69, 9.17) is 11.6 Å². The third-order valence-corrected chi connectivity index (χ3v) is 2.29. The Morgan fingerprint density at radius 3 is 2.89 bits per heavy atom. The van der Waals surface area contributed by atoms with Crippen LogP contribution >= 0.6 is 11.6 Å². The van der Waals surface area contributed by atoms with Gasteiger partial charge in [-0.15, -0.1) is 11.6 Å². The second-order valence-corrected chi connectivity index (χ2v) is 3.41. The smallest absolute Gasteiger partial charge is 0.0240 e. The molecule has 0 spiro atoms. The zero-order valence-electron chi connectivity index (χ0n) is 5.91. The Labute approximate surface area is 61.8 Å². The van der Waals surface area contributed by atoms with Crippen LogP contribution in [0.25, 0.3) is 0 Å². The standard InChI is InChI=1S/C7H14ClN/c1-7(4-5-8)3-2-6-9-7/h9H,2-6H2,1H3. The Morgan fingerprint density at radius 2 is 2.44 bits per heavy atom. The molecule has 0 aromatic rings. The van der Waals surface area contributed by atoms with E-state index in [9.17, 15) is 0 Å². The van der Waals surface area contributed by atoms with Gasteiger partial charge in [0.15, 0.2) is 0 Å². The number of rotatable bonds is 2. The van der Waals surface area contributed by atoms with Crippen LogP contribution in [0.4, 0.5) is 0 Å². The molecule has 1 fully saturated rings. The maximum atomic E-state index is 5.63. The van der Waals surface area contributed by atoms with E-state index in [0.717, 1.165) is 12.3 Å². The number of nitrogens with one attached hydrogen (secondary N) is 1. The summed E-state index contributed by atoms with van der Waals surface area (Å²) in [7, 11) is 0. The highest BCUT2D eigenvalue weighted by atomic mass is 35.5. The van der Waals surface area contributed by atoms with Crippen LogP contribution < -0.4 is 5.32 Å². The fourth-order valence-electron chi connectivity index (χ4n) is 1.38. The Balaban J connectivity index is 2.32. The van der Waals surface area contributed by atoms with Crippen molar-refractivity contribution in [2.24, 2.45) is 0 Å². The van der Waals surface area contributed by atoms with Crippen molar-refractivity contribution in [2.75, 3.05) is 12.4 Å². The predicted octanol–water partition coefficient (Wildman–Crippen LogP) is 1.76. The Morgan fingerprint density at radius 1 is 1.67 bits per heavy atom. The van der Waals surface area contributed by atoms with Gasteiger partial charge in [0.2, 0.25) is 0 Å². The van der Waals surface area contributed by atoms with Crippen molar-refractivity contribution in [3.8, 4) is 0 Å². The topological polar surface area (TPSA) is 12.0 Å². The van der Waals surface area contributed by atoms with Crippen LogP contribution in [0, 0.1) is 0 Å². The average molecular weight is 148 g/mol. The lowest BCUT2D eigenvalue weighted by molar-refractivity contribution is 0.403. The third kappa shape index (κ3) is 1.84. The lowest BCUT2D eigenvalue weighted by atomic mass is 9.97. The van der Waals surface area contributed by atoms with Gasteiger partial charge in [0.1, 0.15) is 0 Å². The van der Waals surface area contributed by atoms with Gasteiger partial charge in [-0.1, -0.05) is 0 Å². The summed E-state index contributed by atoms with van der Waals surface area (Å²) in [6.45, 7) is 3.43. The molecular weight excluding hydrogens is 134 g/mol. The Bertz CT molecular complexity index is 86.9. The second-order valence-electron chi connectivity index (χ2n) is 3.03. The first-order valence-corrected chi connectivity index (χ1v) is 4.11. The molecule has 1 N–H and O–H groups in total. The molecule has 1 rings (SSSR count). The van der Waals surface area contributed by atoms with E-state index in [1.807, 2.05) is 0 Å². The van der Waals surface area contributed by atoms with Crippen LogP contribution in [-0.2, 0) is 0 Å². The summed E-state index contributed by atoms with van der Waals surface area (Å²) in [5.41, 5.74) is 0.363. The van der Waals surface area contributed by atoms with E-state index in [1.165, 1.54) is 19.4 Å². The normalized spacial score (nSPS) is 35.3. The van der Waals surface area contributed by atoms with Crippen molar-refractivity contribution >= 4 is 11.6 Å². The van der Waals surface area contributed by atoms with E-state index in [2.05, 4.69) is 12.2 Å². The highest BCUT2D eigenvalue weighted by Gasteiger charge is 2.26. The summed E-state index contributed by atoms with van der Waals surface area (Å²) in [4.78, 5) is 0. The van der Waals surface area contributed by atoms with Crippen LogP contribution in [-0.4, -0.2) is 18.0 Å². The molecule has 1 atom stereocenters. The van der Waals surface area contributed by atoms with Crippen molar-refractivity contribution in [3.63, 3.8) is 0 Å². The fraction of sp³-hybridized carbons (Fsp3) is 1.00. The van der Waals surface area contributed by atoms with Gasteiger partial charge in [0.25, 0.3) is 0 Å². The van der Waals surface area contributed by atoms with E-state index >= 15 is 0 Å². The molecule has 0 saturated carbocycles. The highest BCUT2D eigenvalue weighted by Crippen LogP contribution is 2.22. The molecule has 0 bridgehead atoms. The van der Waals surface area contributed by atoms with Gasteiger partial charge in [-0.3, -0.25) is 0 Å². The van der Waals surface area contributed by atoms with Gasteiger partial charge >= 0.3 is 0 Å². The molecule has 0 aromatic heterocycles. The molecule has 1 nitrogen and oxygen atoms in total. The molecular formula is C7H14ClN. The zero-order valence-corrected chi connectivity index (χ0v) is 6.67. The van der Waals surface area contributed by atoms with Gasteiger partial charge < -0.3 is 5.32 Å². The lowest BCUT2D eigenvalue weighted by Gasteiger charge is -2.22. The molecule has 2 heteroatoms. The van der Waals surface area contributed by atoms with Crippen LogP contribution in [0.15, 0.2) is 0 Å². The minimum Gasteiger partial charge on any atom is -0.311 e. The minimum absolute atomic E-state index is 0.363. The molecule has 0 amide bonds. The summed E-state index contributed by atoms with van der Waals surface area (Å²) < 4.78 is 0. The number of hydrogen-bond acceptors (Lipinski definition) is 1. The first-order chi connectivity index (χ1) is 4.27. The second kappa shape index (κ2) is 2.89. The zero-order chi connectivity index (χ0) is 6.74. The summed E-state index contributed by atoms with van der Waals surface area (Å²) in [5.74, 6) is 0.781. The largest absolute Gasteiger partial charge is 0.311 e. The van der Waals surface area contributed by atoms with E-state index in [0.29, 0.717) is 5.54 Å². The molecule has 0 aromatic carbocycles. The molecule has 1 aliphatic heterocycles. The SMILES string of the molecule is CC1(CCCl)CCCN1. The van der Waals surface area contributed by atoms with E-state index in [1.54, 1.807) is 0 Å². The van der Waals surface area contributed by atoms with Gasteiger partial charge in [0.05, 0.1) is 0 Å². The first-order valence-electron chi connectivity index (χ1n) is 3.58. The predicted molar refractivity (Wildman–Crippen MR) is 41.0 cm³/mol. The van der Waals surface area contributed by atoms with Crippen molar-refractivity contribution < 1.29 is 0 Å². The Hall–Kier alpha value is 0.250. The van der Waals surface area contributed by atoms with Gasteiger partial charge in [-0.25, -0.2) is 0 Å². The maximum Gasteiger partial charge on any atom is 0.0240 e. The first kappa shape index (κ1) is 7.36. The summed E-state index contributed by atoms with van der Waals surface area (Å²) in [6.07, 6.45) is 3.71. The minimum atomic E-state index is 0.363. The molecule has 9 heavy (non-hydrogen) atoms. The quantitative estimate of drug-likeness (QED) is 0.587. The maximum absolute atomic E-state index is 5.63. The highest BCUT2D eigenvalue weighted by molar-refractivity contribution is 6.17. The van der Waals surface area contributed by atoms with Gasteiger partial charge in [-0.05, 0) is 32.7 Å². The molecule has 0 aliphatic carbocycles. The van der Waals surface area contributed by atoms with E-state index in [-0.39, 0.29) is 0 Å². The number of alkyl halides is 1. The molecule has 0 radical (unpaired) electrons. The average Bonchev–Trinajstić information content (AvgIpc) is 2.16. The number of hydrogen-bond donors (Lipinski definition) is 1. The molecule has 1 heterocycles. The summed E-state index contributed by atoms with van der Waals surface area (Å²) >= 11 is 5.63. The number of halogens is 1. The third-order valence-electron chi connectivity index (χ3n) is 2.10. The lowest BCUT2D eigenvalue weighted by Crippen LogP contribution is -2.36. The van der Waals surface area contributed by atoms with Crippen molar-refractivity contribution in [1.82, 2.24) is 5.32 Å². The summed E-state index contributed by atoms with van der Waals surface area (Å²) in [5, 5.41) is 3.45. The van der Waals surface area contributed by atoms with Crippen molar-refractivity contribution in [2.45, 2.75) is 31.7 Å². The molecule has 1 aliphatic rings. The van der Waals surface area contributed by atoms with Gasteiger partial charge in [-0.2, -0.15) is 0 Å². The van der Waals surface area contributed by atoms with Crippen molar-refractivity contribution in [3.05, 3.63) is 0 Å². The van der Waals surface area contributed by atoms with E-state index < -0.39 is 0 Å². The van der Waals surface area contributed by atoms with Crippen molar-refractivity contribution in [1.29, 1.82) is 0 Å². The van der Waals surface area contributed by atoms with Gasteiger partial charge in [0, 0.05) is 11.4 Å². The molecule has 54 valence electrons. The molecule has 1 unspecified atom stereocenters.